The van der Waals surface area contributed by atoms with Gasteiger partial charge in [-0.25, -0.2) is 4.79 Å². The lowest BCUT2D eigenvalue weighted by Gasteiger charge is -2.67. The normalized spacial score (nSPS) is 47.7. The Bertz CT molecular complexity index is 869. The fourth-order valence-corrected chi connectivity index (χ4v) is 9.46. The number of carboxylic acid groups (broad SMARTS) is 1. The zero-order valence-electron chi connectivity index (χ0n) is 22.3. The second-order valence-electron chi connectivity index (χ2n) is 13.3. The van der Waals surface area contributed by atoms with Crippen LogP contribution in [0.2, 0.25) is 0 Å². The van der Waals surface area contributed by atoms with Crippen molar-refractivity contribution in [3.63, 3.8) is 0 Å². The third kappa shape index (κ3) is 4.17. The van der Waals surface area contributed by atoms with Gasteiger partial charge in [0.25, 0.3) is 0 Å². The third-order valence-corrected chi connectivity index (χ3v) is 11.6. The molecule has 6 nitrogen and oxygen atoms in total. The molecule has 198 valence electrons. The van der Waals surface area contributed by atoms with Crippen LogP contribution in [0.3, 0.4) is 0 Å². The number of esters is 1. The average molecular weight is 491 g/mol. The van der Waals surface area contributed by atoms with Crippen molar-refractivity contribution in [1.82, 2.24) is 0 Å². The number of carbonyl (C=O) groups is 2. The molecule has 4 aliphatic carbocycles. The van der Waals surface area contributed by atoms with Gasteiger partial charge < -0.3 is 20.1 Å². The molecule has 6 heteroatoms. The molecule has 0 aliphatic heterocycles. The van der Waals surface area contributed by atoms with Crippen molar-refractivity contribution in [3.05, 3.63) is 12.2 Å². The van der Waals surface area contributed by atoms with Crippen LogP contribution >= 0.6 is 0 Å². The largest absolute Gasteiger partial charge is 0.481 e. The molecule has 11 atom stereocenters. The maximum absolute atomic E-state index is 12.2. The molecule has 0 unspecified atom stereocenters. The predicted molar refractivity (Wildman–Crippen MR) is 133 cm³/mol. The molecule has 0 aromatic carbocycles. The Kier molecular flexibility index (Phi) is 6.98. The summed E-state index contributed by atoms with van der Waals surface area (Å²) in [7, 11) is 0. The first-order valence-corrected chi connectivity index (χ1v) is 13.7. The van der Waals surface area contributed by atoms with Gasteiger partial charge in [0, 0.05) is 12.0 Å². The Morgan fingerprint density at radius 1 is 1.09 bits per heavy atom. The fourth-order valence-electron chi connectivity index (χ4n) is 9.46. The van der Waals surface area contributed by atoms with Crippen molar-refractivity contribution in [2.75, 3.05) is 0 Å². The Morgan fingerprint density at radius 2 is 1.77 bits per heavy atom. The van der Waals surface area contributed by atoms with Crippen LogP contribution in [0.4, 0.5) is 0 Å². The van der Waals surface area contributed by atoms with Crippen LogP contribution in [0.5, 0.6) is 0 Å². The minimum absolute atomic E-state index is 0.0433. The number of rotatable bonds is 6. The van der Waals surface area contributed by atoms with Crippen LogP contribution in [-0.2, 0) is 14.3 Å². The molecule has 0 aromatic heterocycles. The fraction of sp³-hybridized carbons (Fsp3) is 0.862. The Labute approximate surface area is 210 Å². The second kappa shape index (κ2) is 9.16. The number of fused-ring (bicyclic) bond motifs is 5. The standard InChI is InChI=1S/C29H46O6/c1-16(2)26(34)35-18-11-12-28(5)21-13-23(31)29(6)19(17(3)7-10-24(32)33)8-9-20(29)25(21)22(30)15-27(28,4)14-18/h17-23,25,30-31H,1,7-15H2,2-6H3,(H,32,33)/t17-,18+,19-,20+,21+,22-,23+,25+,27+,28-,29-/m1/s1. The van der Waals surface area contributed by atoms with Gasteiger partial charge in [0.1, 0.15) is 6.10 Å². The molecule has 3 N–H and O–H groups in total. The molecule has 4 saturated carbocycles. The van der Waals surface area contributed by atoms with E-state index >= 15 is 0 Å². The highest BCUT2D eigenvalue weighted by atomic mass is 16.5. The van der Waals surface area contributed by atoms with Crippen molar-refractivity contribution < 1.29 is 29.6 Å². The quantitative estimate of drug-likeness (QED) is 0.359. The van der Waals surface area contributed by atoms with Gasteiger partial charge in [-0.05, 0) is 104 Å². The Hall–Kier alpha value is -1.40. The maximum Gasteiger partial charge on any atom is 0.333 e. The smallest absolute Gasteiger partial charge is 0.333 e. The van der Waals surface area contributed by atoms with Crippen molar-refractivity contribution >= 4 is 11.9 Å². The molecule has 0 radical (unpaired) electrons. The minimum Gasteiger partial charge on any atom is -0.481 e. The molecule has 35 heavy (non-hydrogen) atoms. The molecule has 4 fully saturated rings. The maximum atomic E-state index is 12.2. The Balaban J connectivity index is 1.58. The molecule has 0 spiro atoms. The molecule has 4 rings (SSSR count). The van der Waals surface area contributed by atoms with Gasteiger partial charge >= 0.3 is 11.9 Å². The van der Waals surface area contributed by atoms with Crippen molar-refractivity contribution in [2.24, 2.45) is 45.8 Å². The van der Waals surface area contributed by atoms with Crippen molar-refractivity contribution in [3.8, 4) is 0 Å². The van der Waals surface area contributed by atoms with Crippen LogP contribution in [-0.4, -0.2) is 45.6 Å². The first-order chi connectivity index (χ1) is 16.2. The highest BCUT2D eigenvalue weighted by molar-refractivity contribution is 5.87. The minimum atomic E-state index is -0.764. The number of carbonyl (C=O) groups excluding carboxylic acids is 1. The molecular formula is C29H46O6. The molecular weight excluding hydrogens is 444 g/mol. The van der Waals surface area contributed by atoms with Crippen molar-refractivity contribution in [2.45, 2.75) is 111 Å². The van der Waals surface area contributed by atoms with Crippen molar-refractivity contribution in [1.29, 1.82) is 0 Å². The molecule has 0 bridgehead atoms. The lowest BCUT2D eigenvalue weighted by molar-refractivity contribution is -0.235. The van der Waals surface area contributed by atoms with E-state index in [-0.39, 0.29) is 64.3 Å². The highest BCUT2D eigenvalue weighted by Gasteiger charge is 2.68. The summed E-state index contributed by atoms with van der Waals surface area (Å²) in [5.74, 6) is 0.00188. The third-order valence-electron chi connectivity index (χ3n) is 11.6. The van der Waals surface area contributed by atoms with Gasteiger partial charge in [-0.15, -0.1) is 0 Å². The summed E-state index contributed by atoms with van der Waals surface area (Å²) < 4.78 is 5.76. The van der Waals surface area contributed by atoms with Crippen LogP contribution in [0.1, 0.15) is 92.4 Å². The van der Waals surface area contributed by atoms with Gasteiger partial charge in [-0.1, -0.05) is 34.3 Å². The number of aliphatic hydroxyl groups is 2. The number of aliphatic hydroxyl groups excluding tert-OH is 2. The predicted octanol–water partition coefficient (Wildman–Crippen LogP) is 4.97. The topological polar surface area (TPSA) is 104 Å². The van der Waals surface area contributed by atoms with Crippen LogP contribution in [0.15, 0.2) is 12.2 Å². The van der Waals surface area contributed by atoms with Gasteiger partial charge in [0.15, 0.2) is 0 Å². The van der Waals surface area contributed by atoms with Crippen LogP contribution in [0.25, 0.3) is 0 Å². The highest BCUT2D eigenvalue weighted by Crippen LogP contribution is 2.71. The van der Waals surface area contributed by atoms with E-state index in [0.717, 1.165) is 32.1 Å². The van der Waals surface area contributed by atoms with E-state index in [1.54, 1.807) is 6.92 Å². The molecule has 0 aromatic rings. The van der Waals surface area contributed by atoms with Crippen LogP contribution < -0.4 is 0 Å². The number of carboxylic acids is 1. The average Bonchev–Trinajstić information content (AvgIpc) is 3.12. The lowest BCUT2D eigenvalue weighted by atomic mass is 9.39. The van der Waals surface area contributed by atoms with E-state index in [9.17, 15) is 24.9 Å². The van der Waals surface area contributed by atoms with Gasteiger partial charge in [-0.3, -0.25) is 4.79 Å². The molecule has 0 saturated heterocycles. The lowest BCUT2D eigenvalue weighted by Crippen LogP contribution is -2.65. The monoisotopic (exact) mass is 490 g/mol. The second-order valence-corrected chi connectivity index (χ2v) is 13.3. The van der Waals surface area contributed by atoms with E-state index in [4.69, 9.17) is 4.74 Å². The summed E-state index contributed by atoms with van der Waals surface area (Å²) in [4.78, 5) is 23.4. The molecule has 0 heterocycles. The van der Waals surface area contributed by atoms with E-state index in [1.165, 1.54) is 0 Å². The number of ether oxygens (including phenoxy) is 1. The van der Waals surface area contributed by atoms with Gasteiger partial charge in [0.2, 0.25) is 0 Å². The first-order valence-electron chi connectivity index (χ1n) is 13.7. The summed E-state index contributed by atoms with van der Waals surface area (Å²) in [5.41, 5.74) is -0.0988. The van der Waals surface area contributed by atoms with E-state index in [1.807, 2.05) is 0 Å². The summed E-state index contributed by atoms with van der Waals surface area (Å²) >= 11 is 0. The molecule has 4 aliphatic rings. The van der Waals surface area contributed by atoms with Gasteiger partial charge in [0.05, 0.1) is 12.2 Å². The molecule has 0 amide bonds. The first kappa shape index (κ1) is 26.7. The van der Waals surface area contributed by atoms with E-state index in [2.05, 4.69) is 34.3 Å². The Morgan fingerprint density at radius 3 is 2.40 bits per heavy atom. The summed E-state index contributed by atoms with van der Waals surface area (Å²) in [5, 5.41) is 32.5. The van der Waals surface area contributed by atoms with Crippen LogP contribution in [0, 0.1) is 45.8 Å². The number of hydrogen-bond donors (Lipinski definition) is 3. The summed E-state index contributed by atoms with van der Waals surface area (Å²) in [6, 6.07) is 0. The summed E-state index contributed by atoms with van der Waals surface area (Å²) in [6.45, 7) is 14.3. The zero-order valence-corrected chi connectivity index (χ0v) is 22.3. The number of aliphatic carboxylic acids is 1. The van der Waals surface area contributed by atoms with Gasteiger partial charge in [-0.2, -0.15) is 0 Å². The number of hydrogen-bond acceptors (Lipinski definition) is 5. The zero-order chi connectivity index (χ0) is 25.9. The summed E-state index contributed by atoms with van der Waals surface area (Å²) in [6.07, 6.45) is 5.52. The SMILES string of the molecule is C=C(C)C(=O)O[C@H]1CC[C@]2(C)[C@H]3C[C@H](O)[C@]4(C)[C@@H]([C@H](C)CCC(=O)O)CC[C@H]4[C@@H]3[C@H](O)C[C@]2(C)C1. The van der Waals surface area contributed by atoms with E-state index in [0.29, 0.717) is 24.8 Å². The van der Waals surface area contributed by atoms with E-state index < -0.39 is 18.2 Å².